The molecule has 0 aromatic heterocycles. The van der Waals surface area contributed by atoms with Crippen molar-refractivity contribution in [1.82, 2.24) is 4.90 Å². The number of nitrogens with zero attached hydrogens (tertiary/aromatic N) is 1. The van der Waals surface area contributed by atoms with Gasteiger partial charge >= 0.3 is 0 Å². The first-order chi connectivity index (χ1) is 12.6. The van der Waals surface area contributed by atoms with Crippen LogP contribution < -0.4 is 14.2 Å². The number of carbonyl (C=O) groups excluding carboxylic acids is 1. The van der Waals surface area contributed by atoms with E-state index >= 15 is 0 Å². The summed E-state index contributed by atoms with van der Waals surface area (Å²) in [6.07, 6.45) is 3.43. The average Bonchev–Trinajstić information content (AvgIpc) is 3.13. The maximum Gasteiger partial charge on any atom is 0.260 e. The molecule has 0 heterocycles. The molecule has 2 aromatic rings. The molecule has 3 rings (SSSR count). The van der Waals surface area contributed by atoms with Gasteiger partial charge in [-0.3, -0.25) is 4.79 Å². The summed E-state index contributed by atoms with van der Waals surface area (Å²) in [4.78, 5) is 14.1. The summed E-state index contributed by atoms with van der Waals surface area (Å²) < 4.78 is 16.4. The van der Waals surface area contributed by atoms with Crippen molar-refractivity contribution in [3.8, 4) is 17.2 Å². The van der Waals surface area contributed by atoms with Crippen molar-refractivity contribution in [3.05, 3.63) is 53.1 Å². The van der Waals surface area contributed by atoms with Crippen LogP contribution in [0, 0.1) is 0 Å². The van der Waals surface area contributed by atoms with Gasteiger partial charge in [0.25, 0.3) is 5.91 Å². The highest BCUT2D eigenvalue weighted by Crippen LogP contribution is 2.31. The van der Waals surface area contributed by atoms with E-state index in [2.05, 4.69) is 12.1 Å². The fourth-order valence-electron chi connectivity index (χ4n) is 3.32. The van der Waals surface area contributed by atoms with Crippen LogP contribution >= 0.6 is 0 Å². The minimum Gasteiger partial charge on any atom is -0.493 e. The highest BCUT2D eigenvalue weighted by Gasteiger charge is 2.16. The zero-order valence-corrected chi connectivity index (χ0v) is 15.6. The second kappa shape index (κ2) is 8.13. The maximum absolute atomic E-state index is 12.4. The topological polar surface area (TPSA) is 48.0 Å². The number of aryl methyl sites for hydroxylation is 2. The van der Waals surface area contributed by atoms with Gasteiger partial charge < -0.3 is 19.1 Å². The molecule has 0 unspecified atom stereocenters. The number of amides is 1. The minimum atomic E-state index is -0.0876. The normalized spacial score (nSPS) is 12.4. The van der Waals surface area contributed by atoms with Crippen LogP contribution in [-0.2, 0) is 24.2 Å². The molecular formula is C21H25NO4. The number of methoxy groups -OCH3 is 2. The molecule has 0 aliphatic heterocycles. The van der Waals surface area contributed by atoms with E-state index < -0.39 is 0 Å². The molecule has 0 saturated carbocycles. The summed E-state index contributed by atoms with van der Waals surface area (Å²) in [5.74, 6) is 1.97. The van der Waals surface area contributed by atoms with Crippen LogP contribution in [0.3, 0.4) is 0 Å². The van der Waals surface area contributed by atoms with Crippen molar-refractivity contribution in [3.63, 3.8) is 0 Å². The molecule has 0 saturated heterocycles. The Hall–Kier alpha value is -2.69. The van der Waals surface area contributed by atoms with E-state index in [4.69, 9.17) is 14.2 Å². The Kier molecular flexibility index (Phi) is 5.66. The van der Waals surface area contributed by atoms with E-state index in [1.807, 2.05) is 24.3 Å². The van der Waals surface area contributed by atoms with Crippen molar-refractivity contribution in [1.29, 1.82) is 0 Å². The fraction of sp³-hybridized carbons (Fsp3) is 0.381. The van der Waals surface area contributed by atoms with Crippen LogP contribution in [0.5, 0.6) is 17.2 Å². The molecule has 2 aromatic carbocycles. The number of hydrogen-bond acceptors (Lipinski definition) is 4. The standard InChI is InChI=1S/C21H25NO4/c1-22(13-17-8-5-9-19(24-2)21(17)25-3)20(23)14-26-18-11-10-15-6-4-7-16(15)12-18/h5,8-12H,4,6-7,13-14H2,1-3H3. The van der Waals surface area contributed by atoms with E-state index in [1.54, 1.807) is 26.2 Å². The summed E-state index contributed by atoms with van der Waals surface area (Å²) in [5.41, 5.74) is 3.62. The Morgan fingerprint density at radius 2 is 1.88 bits per heavy atom. The molecule has 0 fully saturated rings. The van der Waals surface area contributed by atoms with E-state index in [-0.39, 0.29) is 12.5 Å². The van der Waals surface area contributed by atoms with Crippen molar-refractivity contribution < 1.29 is 19.0 Å². The molecule has 1 aliphatic rings. The number of carbonyl (C=O) groups is 1. The molecule has 0 radical (unpaired) electrons. The number of likely N-dealkylation sites (N-methyl/N-ethyl adjacent to an activating group) is 1. The highest BCUT2D eigenvalue weighted by atomic mass is 16.5. The molecule has 0 N–H and O–H groups in total. The molecule has 1 amide bonds. The first-order valence-corrected chi connectivity index (χ1v) is 8.80. The molecule has 5 heteroatoms. The zero-order valence-electron chi connectivity index (χ0n) is 15.6. The average molecular weight is 355 g/mol. The lowest BCUT2D eigenvalue weighted by atomic mass is 10.1. The van der Waals surface area contributed by atoms with E-state index in [0.29, 0.717) is 18.0 Å². The molecule has 138 valence electrons. The van der Waals surface area contributed by atoms with Crippen molar-refractivity contribution in [2.24, 2.45) is 0 Å². The fourth-order valence-corrected chi connectivity index (χ4v) is 3.32. The van der Waals surface area contributed by atoms with E-state index in [9.17, 15) is 4.79 Å². The molecule has 0 bridgehead atoms. The second-order valence-corrected chi connectivity index (χ2v) is 6.48. The second-order valence-electron chi connectivity index (χ2n) is 6.48. The molecular weight excluding hydrogens is 330 g/mol. The number of hydrogen-bond donors (Lipinski definition) is 0. The van der Waals surface area contributed by atoms with Crippen LogP contribution in [0.1, 0.15) is 23.1 Å². The van der Waals surface area contributed by atoms with Crippen LogP contribution in [0.4, 0.5) is 0 Å². The summed E-state index contributed by atoms with van der Waals surface area (Å²) in [6.45, 7) is 0.439. The van der Waals surface area contributed by atoms with Crippen LogP contribution in [0.2, 0.25) is 0 Å². The zero-order chi connectivity index (χ0) is 18.5. The Morgan fingerprint density at radius 3 is 2.65 bits per heavy atom. The van der Waals surface area contributed by atoms with Gasteiger partial charge in [-0.25, -0.2) is 0 Å². The lowest BCUT2D eigenvalue weighted by Gasteiger charge is -2.20. The predicted octanol–water partition coefficient (Wildman–Crippen LogP) is 3.23. The molecule has 5 nitrogen and oxygen atoms in total. The lowest BCUT2D eigenvalue weighted by Crippen LogP contribution is -2.31. The summed E-state index contributed by atoms with van der Waals surface area (Å²) in [6, 6.07) is 11.7. The Labute approximate surface area is 154 Å². The van der Waals surface area contributed by atoms with Crippen molar-refractivity contribution in [2.45, 2.75) is 25.8 Å². The van der Waals surface area contributed by atoms with Gasteiger partial charge in [0.05, 0.1) is 14.2 Å². The third-order valence-corrected chi connectivity index (χ3v) is 4.75. The summed E-state index contributed by atoms with van der Waals surface area (Å²) >= 11 is 0. The first-order valence-electron chi connectivity index (χ1n) is 8.80. The lowest BCUT2D eigenvalue weighted by molar-refractivity contribution is -0.132. The third-order valence-electron chi connectivity index (χ3n) is 4.75. The number of rotatable bonds is 7. The van der Waals surface area contributed by atoms with Crippen molar-refractivity contribution in [2.75, 3.05) is 27.9 Å². The number of fused-ring (bicyclic) bond motifs is 1. The molecule has 26 heavy (non-hydrogen) atoms. The minimum absolute atomic E-state index is 0.0154. The summed E-state index contributed by atoms with van der Waals surface area (Å²) in [5, 5.41) is 0. The van der Waals surface area contributed by atoms with Crippen molar-refractivity contribution >= 4 is 5.91 Å². The smallest absolute Gasteiger partial charge is 0.260 e. The first kappa shape index (κ1) is 18.1. The Bertz CT molecular complexity index is 788. The van der Waals surface area contributed by atoms with Crippen LogP contribution in [-0.4, -0.2) is 38.7 Å². The van der Waals surface area contributed by atoms with Gasteiger partial charge in [0.2, 0.25) is 0 Å². The number of para-hydroxylation sites is 1. The Balaban J connectivity index is 1.60. The molecule has 0 spiro atoms. The van der Waals surface area contributed by atoms with Gasteiger partial charge in [-0.1, -0.05) is 18.2 Å². The van der Waals surface area contributed by atoms with Gasteiger partial charge in [-0.2, -0.15) is 0 Å². The SMILES string of the molecule is COc1cccc(CN(C)C(=O)COc2ccc3c(c2)CCC3)c1OC. The molecule has 1 aliphatic carbocycles. The Morgan fingerprint density at radius 1 is 1.08 bits per heavy atom. The largest absolute Gasteiger partial charge is 0.493 e. The van der Waals surface area contributed by atoms with Crippen LogP contribution in [0.15, 0.2) is 36.4 Å². The van der Waals surface area contributed by atoms with Gasteiger partial charge in [0.1, 0.15) is 5.75 Å². The summed E-state index contributed by atoms with van der Waals surface area (Å²) in [7, 11) is 4.95. The molecule has 0 atom stereocenters. The van der Waals surface area contributed by atoms with Gasteiger partial charge in [-0.05, 0) is 48.6 Å². The number of ether oxygens (including phenoxy) is 3. The van der Waals surface area contributed by atoms with Gasteiger partial charge in [0, 0.05) is 19.2 Å². The number of benzene rings is 2. The van der Waals surface area contributed by atoms with Crippen LogP contribution in [0.25, 0.3) is 0 Å². The maximum atomic E-state index is 12.4. The van der Waals surface area contributed by atoms with Gasteiger partial charge in [-0.15, -0.1) is 0 Å². The highest BCUT2D eigenvalue weighted by molar-refractivity contribution is 5.77. The monoisotopic (exact) mass is 355 g/mol. The van der Waals surface area contributed by atoms with E-state index in [1.165, 1.54) is 17.5 Å². The third kappa shape index (κ3) is 3.93. The predicted molar refractivity (Wildman–Crippen MR) is 100.0 cm³/mol. The van der Waals surface area contributed by atoms with E-state index in [0.717, 1.165) is 24.2 Å². The van der Waals surface area contributed by atoms with Gasteiger partial charge in [0.15, 0.2) is 18.1 Å². The quantitative estimate of drug-likeness (QED) is 0.765.